The summed E-state index contributed by atoms with van der Waals surface area (Å²) in [6, 6.07) is 0. The fourth-order valence-corrected chi connectivity index (χ4v) is 1.83. The molecular formula is C11H17Cl3Zr-. The predicted molar refractivity (Wildman–Crippen MR) is 67.9 cm³/mol. The van der Waals surface area contributed by atoms with Crippen molar-refractivity contribution in [2.75, 3.05) is 0 Å². The first-order chi connectivity index (χ1) is 6.82. The van der Waals surface area contributed by atoms with Crippen molar-refractivity contribution in [3.8, 4) is 0 Å². The van der Waals surface area contributed by atoms with Gasteiger partial charge < -0.3 is 0 Å². The van der Waals surface area contributed by atoms with Gasteiger partial charge in [-0.25, -0.2) is 0 Å². The second-order valence-corrected chi connectivity index (χ2v) is 14.7. The normalized spacial score (nSPS) is 9.60. The van der Waals surface area contributed by atoms with E-state index in [0.717, 1.165) is 0 Å². The molecule has 0 saturated carbocycles. The molecular weight excluding hydrogens is 330 g/mol. The Hall–Kier alpha value is 1.10. The van der Waals surface area contributed by atoms with E-state index in [1.54, 1.807) is 5.56 Å². The second kappa shape index (κ2) is 7.43. The van der Waals surface area contributed by atoms with Gasteiger partial charge in [0.15, 0.2) is 0 Å². The molecule has 0 aliphatic heterocycles. The first kappa shape index (κ1) is 16.1. The summed E-state index contributed by atoms with van der Waals surface area (Å²) in [4.78, 5) is 0. The van der Waals surface area contributed by atoms with Crippen molar-refractivity contribution in [3.05, 3.63) is 27.8 Å². The van der Waals surface area contributed by atoms with Gasteiger partial charge in [0.25, 0.3) is 0 Å². The topological polar surface area (TPSA) is 0 Å². The molecule has 0 radical (unpaired) electrons. The summed E-state index contributed by atoms with van der Waals surface area (Å²) >= 11 is -2.13. The van der Waals surface area contributed by atoms with E-state index in [4.69, 9.17) is 25.5 Å². The molecule has 15 heavy (non-hydrogen) atoms. The molecule has 0 unspecified atom stereocenters. The van der Waals surface area contributed by atoms with Crippen molar-refractivity contribution in [2.45, 2.75) is 41.0 Å². The van der Waals surface area contributed by atoms with Crippen molar-refractivity contribution in [1.82, 2.24) is 0 Å². The molecule has 0 nitrogen and oxygen atoms in total. The Morgan fingerprint density at radius 1 is 1.07 bits per heavy atom. The Bertz CT molecular complexity index is 288. The van der Waals surface area contributed by atoms with E-state index in [1.165, 1.54) is 28.7 Å². The Morgan fingerprint density at radius 3 is 1.60 bits per heavy atom. The summed E-state index contributed by atoms with van der Waals surface area (Å²) in [7, 11) is 15.0. The Morgan fingerprint density at radius 2 is 1.47 bits per heavy atom. The van der Waals surface area contributed by atoms with E-state index in [2.05, 4.69) is 34.6 Å². The minimum absolute atomic E-state index is 1.17. The van der Waals surface area contributed by atoms with Crippen LogP contribution in [0.15, 0.2) is 0 Å². The van der Waals surface area contributed by atoms with Crippen LogP contribution in [0.25, 0.3) is 0 Å². The second-order valence-electron chi connectivity index (χ2n) is 3.55. The van der Waals surface area contributed by atoms with Crippen LogP contribution in [0.1, 0.15) is 34.7 Å². The maximum atomic E-state index is 5.00. The van der Waals surface area contributed by atoms with Crippen LogP contribution in [0.3, 0.4) is 0 Å². The summed E-state index contributed by atoms with van der Waals surface area (Å²) in [6.07, 6.45) is 1.17. The van der Waals surface area contributed by atoms with Crippen LogP contribution in [0, 0.1) is 27.7 Å². The monoisotopic (exact) mass is 344 g/mol. The van der Waals surface area contributed by atoms with Gasteiger partial charge in [0.1, 0.15) is 0 Å². The van der Waals surface area contributed by atoms with Gasteiger partial charge in [-0.05, 0) is 0 Å². The molecule has 0 spiro atoms. The third kappa shape index (κ3) is 4.86. The van der Waals surface area contributed by atoms with E-state index >= 15 is 0 Å². The quantitative estimate of drug-likeness (QED) is 0.608. The van der Waals surface area contributed by atoms with E-state index < -0.39 is 18.2 Å². The Labute approximate surface area is 112 Å². The summed E-state index contributed by atoms with van der Waals surface area (Å²) in [5.74, 6) is 0. The van der Waals surface area contributed by atoms with Crippen LogP contribution >= 0.6 is 25.5 Å². The molecule has 1 aromatic carbocycles. The summed E-state index contributed by atoms with van der Waals surface area (Å²) in [5, 5.41) is 0. The predicted octanol–water partition coefficient (Wildman–Crippen LogP) is 5.27. The van der Waals surface area contributed by atoms with Crippen LogP contribution in [-0.2, 0) is 24.6 Å². The van der Waals surface area contributed by atoms with Crippen LogP contribution in [0.2, 0.25) is 0 Å². The third-order valence-electron chi connectivity index (χ3n) is 2.95. The van der Waals surface area contributed by atoms with E-state index in [-0.39, 0.29) is 0 Å². The zero-order valence-electron chi connectivity index (χ0n) is 9.84. The Balaban J connectivity index is 0.000000423. The number of hydrogen-bond donors (Lipinski definition) is 0. The molecule has 0 N–H and O–H groups in total. The van der Waals surface area contributed by atoms with Gasteiger partial charge in [-0.2, -0.15) is 27.8 Å². The van der Waals surface area contributed by atoms with Gasteiger partial charge in [-0.15, -0.1) is 0 Å². The standard InChI is InChI=1S/C11H17.3ClH.Zr/c1-6-11-9(4)7(2)8(3)10(11)5;;;;/h6H2,1-5H3;3*1H;/q-1;;;;+3/p-3. The van der Waals surface area contributed by atoms with Crippen LogP contribution in [-0.4, -0.2) is 0 Å². The van der Waals surface area contributed by atoms with Gasteiger partial charge >= 0.3 is 43.7 Å². The zero-order valence-corrected chi connectivity index (χ0v) is 14.6. The van der Waals surface area contributed by atoms with Gasteiger partial charge in [-0.1, -0.05) is 41.0 Å². The number of rotatable bonds is 1. The SMILES string of the molecule is CCc1c(C)c(C)c(C)[c-]1C.[Cl][Zr]([Cl])[Cl]. The average Bonchev–Trinajstić information content (AvgIpc) is 2.30. The first-order valence-corrected chi connectivity index (χ1v) is 14.4. The fourth-order valence-electron chi connectivity index (χ4n) is 1.83. The Kier molecular flexibility index (Phi) is 7.98. The molecule has 1 rings (SSSR count). The van der Waals surface area contributed by atoms with Crippen LogP contribution in [0.4, 0.5) is 0 Å². The summed E-state index contributed by atoms with van der Waals surface area (Å²) in [5.41, 5.74) is 7.53. The van der Waals surface area contributed by atoms with Gasteiger partial charge in [0, 0.05) is 0 Å². The number of halogens is 3. The summed E-state index contributed by atoms with van der Waals surface area (Å²) in [6.45, 7) is 11.1. The van der Waals surface area contributed by atoms with Crippen molar-refractivity contribution in [2.24, 2.45) is 0 Å². The van der Waals surface area contributed by atoms with E-state index in [9.17, 15) is 0 Å². The van der Waals surface area contributed by atoms with Crippen molar-refractivity contribution in [1.29, 1.82) is 0 Å². The van der Waals surface area contributed by atoms with Crippen molar-refractivity contribution >= 4 is 25.5 Å². The molecule has 0 saturated heterocycles. The zero-order chi connectivity index (χ0) is 12.2. The molecule has 0 atom stereocenters. The van der Waals surface area contributed by atoms with Crippen LogP contribution in [0.5, 0.6) is 0 Å². The minimum atomic E-state index is -2.13. The molecule has 4 heteroatoms. The number of hydrogen-bond acceptors (Lipinski definition) is 0. The van der Waals surface area contributed by atoms with Crippen molar-refractivity contribution < 1.29 is 18.2 Å². The molecule has 0 aliphatic carbocycles. The fraction of sp³-hybridized carbons (Fsp3) is 0.545. The van der Waals surface area contributed by atoms with E-state index in [0.29, 0.717) is 0 Å². The third-order valence-corrected chi connectivity index (χ3v) is 2.95. The molecule has 0 bridgehead atoms. The molecule has 1 aromatic rings. The van der Waals surface area contributed by atoms with Crippen molar-refractivity contribution in [3.63, 3.8) is 0 Å². The van der Waals surface area contributed by atoms with Gasteiger partial charge in [0.2, 0.25) is 0 Å². The molecule has 0 aromatic heterocycles. The van der Waals surface area contributed by atoms with Gasteiger partial charge in [0.05, 0.1) is 0 Å². The molecule has 0 aliphatic rings. The van der Waals surface area contributed by atoms with Gasteiger partial charge in [-0.3, -0.25) is 0 Å². The summed E-state index contributed by atoms with van der Waals surface area (Å²) < 4.78 is 0. The first-order valence-electron chi connectivity index (χ1n) is 4.88. The maximum absolute atomic E-state index is 5.00. The molecule has 0 fully saturated rings. The average molecular weight is 347 g/mol. The molecule has 0 heterocycles. The molecule has 0 amide bonds. The van der Waals surface area contributed by atoms with E-state index in [1.807, 2.05) is 0 Å². The molecule has 87 valence electrons. The van der Waals surface area contributed by atoms with Crippen LogP contribution < -0.4 is 0 Å².